The highest BCUT2D eigenvalue weighted by Crippen LogP contribution is 2.32. The first-order valence-electron chi connectivity index (χ1n) is 12.2. The number of fused-ring (bicyclic) bond motifs is 1. The van der Waals surface area contributed by atoms with Crippen LogP contribution < -0.4 is 25.7 Å². The quantitative estimate of drug-likeness (QED) is 0.285. The van der Waals surface area contributed by atoms with E-state index >= 15 is 0 Å². The molecule has 5 rings (SSSR count). The smallest absolute Gasteiger partial charge is 0.276 e. The van der Waals surface area contributed by atoms with Gasteiger partial charge in [0.15, 0.2) is 18.4 Å². The van der Waals surface area contributed by atoms with Gasteiger partial charge in [0.05, 0.1) is 12.1 Å². The minimum Gasteiger partial charge on any atom is -0.493 e. The molecule has 2 aliphatic heterocycles. The highest BCUT2D eigenvalue weighted by atomic mass is 19.1. The highest BCUT2D eigenvalue weighted by molar-refractivity contribution is 5.90. The molecule has 1 saturated heterocycles. The van der Waals surface area contributed by atoms with Crippen LogP contribution in [0.25, 0.3) is 10.9 Å². The van der Waals surface area contributed by atoms with Crippen molar-refractivity contribution in [3.05, 3.63) is 66.6 Å². The molecule has 0 radical (unpaired) electrons. The molecule has 4 N–H and O–H groups in total. The summed E-state index contributed by atoms with van der Waals surface area (Å²) in [5.41, 5.74) is 6.59. The zero-order valence-electron chi connectivity index (χ0n) is 20.3. The molecule has 0 bridgehead atoms. The van der Waals surface area contributed by atoms with Crippen LogP contribution in [0.2, 0.25) is 0 Å². The maximum absolute atomic E-state index is 13.9. The molecule has 2 aliphatic rings. The number of primary amides is 1. The number of anilines is 1. The molecule has 2 aromatic carbocycles. The number of quaternary nitrogens is 1. The number of carbonyl (C=O) groups excluding carboxylic acids is 1. The largest absolute Gasteiger partial charge is 0.493 e. The topological polar surface area (TPSA) is 130 Å². The molecule has 0 spiro atoms. The van der Waals surface area contributed by atoms with Crippen molar-refractivity contribution >= 4 is 28.3 Å². The third kappa shape index (κ3) is 5.88. The second-order valence-electron chi connectivity index (χ2n) is 8.95. The lowest BCUT2D eigenvalue weighted by molar-refractivity contribution is -0.118. The molecule has 3 heterocycles. The second-order valence-corrected chi connectivity index (χ2v) is 8.95. The number of nitrogens with zero attached hydrogens (tertiary/aromatic N) is 6. The predicted octanol–water partition coefficient (Wildman–Crippen LogP) is 2.53. The third-order valence-electron chi connectivity index (χ3n) is 6.25. The summed E-state index contributed by atoms with van der Waals surface area (Å²) < 4.78 is 19.5. The molecule has 12 heteroatoms. The fourth-order valence-corrected chi connectivity index (χ4v) is 4.45. The first-order chi connectivity index (χ1) is 18.0. The Bertz CT molecular complexity index is 1340. The first-order valence-corrected chi connectivity index (χ1v) is 12.2. The van der Waals surface area contributed by atoms with Gasteiger partial charge in [0, 0.05) is 61.5 Å². The number of carbonyl (C=O) groups is 1. The summed E-state index contributed by atoms with van der Waals surface area (Å²) in [6.45, 7) is 5.65. The van der Waals surface area contributed by atoms with Gasteiger partial charge in [0.2, 0.25) is 5.82 Å². The number of rotatable bonds is 10. The van der Waals surface area contributed by atoms with Crippen LogP contribution in [-0.2, 0) is 4.79 Å². The van der Waals surface area contributed by atoms with Crippen LogP contribution in [-0.4, -0.2) is 66.7 Å². The number of nitrogens with one attached hydrogen (secondary N) is 2. The SMILES string of the molecule is NC(=O)C[N+]1(c2cccc(F)c2)C=C(Nc2ncnc3cc(OCCCN4CCNCC4)ccc23)N=N1. The first kappa shape index (κ1) is 24.7. The number of benzene rings is 2. The maximum Gasteiger partial charge on any atom is 0.276 e. The maximum atomic E-state index is 13.9. The van der Waals surface area contributed by atoms with Crippen LogP contribution in [0.4, 0.5) is 15.9 Å². The highest BCUT2D eigenvalue weighted by Gasteiger charge is 2.38. The van der Waals surface area contributed by atoms with Gasteiger partial charge in [-0.2, -0.15) is 0 Å². The van der Waals surface area contributed by atoms with Crippen LogP contribution in [0.3, 0.4) is 0 Å². The van der Waals surface area contributed by atoms with E-state index in [9.17, 15) is 9.18 Å². The van der Waals surface area contributed by atoms with E-state index in [-0.39, 0.29) is 11.1 Å². The van der Waals surface area contributed by atoms with Crippen LogP contribution in [0.15, 0.2) is 71.2 Å². The van der Waals surface area contributed by atoms with E-state index in [1.807, 2.05) is 18.2 Å². The van der Waals surface area contributed by atoms with Crippen molar-refractivity contribution in [2.75, 3.05) is 51.2 Å². The number of hydrogen-bond acceptors (Lipinski definition) is 9. The lowest BCUT2D eigenvalue weighted by Gasteiger charge is -2.26. The van der Waals surface area contributed by atoms with Gasteiger partial charge < -0.3 is 26.0 Å². The molecule has 1 unspecified atom stereocenters. The van der Waals surface area contributed by atoms with Gasteiger partial charge in [-0.15, -0.1) is 4.59 Å². The molecule has 11 nitrogen and oxygen atoms in total. The molecule has 1 atom stereocenters. The van der Waals surface area contributed by atoms with Gasteiger partial charge in [-0.3, -0.25) is 4.79 Å². The summed E-state index contributed by atoms with van der Waals surface area (Å²) in [5, 5.41) is 15.7. The Balaban J connectivity index is 1.29. The van der Waals surface area contributed by atoms with E-state index in [0.717, 1.165) is 50.3 Å². The van der Waals surface area contributed by atoms with Crippen LogP contribution in [0.5, 0.6) is 5.75 Å². The van der Waals surface area contributed by atoms with Gasteiger partial charge in [-0.05, 0) is 24.6 Å². The molecule has 37 heavy (non-hydrogen) atoms. The van der Waals surface area contributed by atoms with E-state index in [1.165, 1.54) is 18.5 Å². The van der Waals surface area contributed by atoms with E-state index in [0.29, 0.717) is 29.4 Å². The van der Waals surface area contributed by atoms with Crippen molar-refractivity contribution in [2.24, 2.45) is 16.1 Å². The fraction of sp³-hybridized carbons (Fsp3) is 0.320. The average molecular weight is 507 g/mol. The average Bonchev–Trinajstić information content (AvgIpc) is 3.30. The number of amides is 1. The van der Waals surface area contributed by atoms with Crippen LogP contribution >= 0.6 is 0 Å². The fourth-order valence-electron chi connectivity index (χ4n) is 4.45. The number of halogens is 1. The van der Waals surface area contributed by atoms with Crippen LogP contribution in [0, 0.1) is 5.82 Å². The standard InChI is InChI=1S/C25H28FN9O2/c26-18-3-1-4-19(13-18)35(15-23(27)36)16-24(32-33-35)31-25-21-6-5-20(14-22(21)29-17-30-25)37-12-2-9-34-10-7-28-8-11-34/h1,3-6,13-14,16-17,28H,2,7-12,15H2,(H2-,27,29,30,31,36)/p+1. The normalized spacial score (nSPS) is 19.6. The monoisotopic (exact) mass is 506 g/mol. The molecule has 1 amide bonds. The molecule has 3 aromatic rings. The van der Waals surface area contributed by atoms with Crippen molar-refractivity contribution in [3.63, 3.8) is 0 Å². The van der Waals surface area contributed by atoms with Gasteiger partial charge >= 0.3 is 0 Å². The van der Waals surface area contributed by atoms with Gasteiger partial charge in [-0.25, -0.2) is 14.4 Å². The van der Waals surface area contributed by atoms with Gasteiger partial charge in [0.1, 0.15) is 23.7 Å². The number of piperazine rings is 1. The summed E-state index contributed by atoms with van der Waals surface area (Å²) in [5.74, 6) is 0.541. The lowest BCUT2D eigenvalue weighted by Crippen LogP contribution is -2.44. The van der Waals surface area contributed by atoms with Crippen molar-refractivity contribution < 1.29 is 13.9 Å². The summed E-state index contributed by atoms with van der Waals surface area (Å²) in [6.07, 6.45) is 4.00. The number of nitrogens with two attached hydrogens (primary N) is 1. The Morgan fingerprint density at radius 1 is 1.19 bits per heavy atom. The molecule has 192 valence electrons. The predicted molar refractivity (Wildman–Crippen MR) is 138 cm³/mol. The van der Waals surface area contributed by atoms with E-state index in [4.69, 9.17) is 10.5 Å². The van der Waals surface area contributed by atoms with Crippen molar-refractivity contribution in [3.8, 4) is 5.75 Å². The minimum absolute atomic E-state index is 0.210. The Kier molecular flexibility index (Phi) is 7.30. The Labute approximate surface area is 213 Å². The zero-order chi connectivity index (χ0) is 25.7. The van der Waals surface area contributed by atoms with Crippen LogP contribution in [0.1, 0.15) is 6.42 Å². The zero-order valence-corrected chi connectivity index (χ0v) is 20.3. The Morgan fingerprint density at radius 3 is 2.86 bits per heavy atom. The number of aromatic nitrogens is 2. The molecular formula is C25H29FN9O2+. The summed E-state index contributed by atoms with van der Waals surface area (Å²) in [7, 11) is 0. The lowest BCUT2D eigenvalue weighted by atomic mass is 10.2. The minimum atomic E-state index is -0.603. The molecular weight excluding hydrogens is 477 g/mol. The Hall–Kier alpha value is -4.00. The van der Waals surface area contributed by atoms with Crippen molar-refractivity contribution in [1.82, 2.24) is 24.8 Å². The van der Waals surface area contributed by atoms with E-state index < -0.39 is 11.7 Å². The molecule has 0 aliphatic carbocycles. The number of ether oxygens (including phenoxy) is 1. The van der Waals surface area contributed by atoms with Gasteiger partial charge in [-0.1, -0.05) is 11.2 Å². The second kappa shape index (κ2) is 10.9. The molecule has 0 saturated carbocycles. The summed E-state index contributed by atoms with van der Waals surface area (Å²) in [6, 6.07) is 11.5. The van der Waals surface area contributed by atoms with Crippen molar-refractivity contribution in [1.29, 1.82) is 0 Å². The third-order valence-corrected chi connectivity index (χ3v) is 6.25. The van der Waals surface area contributed by atoms with Crippen molar-refractivity contribution in [2.45, 2.75) is 6.42 Å². The van der Waals surface area contributed by atoms with Gasteiger partial charge in [0.25, 0.3) is 5.91 Å². The number of hydrogen-bond donors (Lipinski definition) is 3. The molecule has 1 aromatic heterocycles. The van der Waals surface area contributed by atoms with E-state index in [1.54, 1.807) is 18.3 Å². The summed E-state index contributed by atoms with van der Waals surface area (Å²) >= 11 is 0. The van der Waals surface area contributed by atoms with E-state index in [2.05, 4.69) is 35.8 Å². The Morgan fingerprint density at radius 2 is 2.05 bits per heavy atom. The molecule has 1 fully saturated rings. The summed E-state index contributed by atoms with van der Waals surface area (Å²) in [4.78, 5) is 23.0.